The van der Waals surface area contributed by atoms with Gasteiger partial charge in [-0.15, -0.1) is 0 Å². The molecule has 0 aliphatic rings. The molecular weight excluding hydrogens is 208 g/mol. The second-order valence-electron chi connectivity index (χ2n) is 3.80. The second-order valence-corrected chi connectivity index (χ2v) is 4.79. The first-order valence-electron chi connectivity index (χ1n) is 5.72. The minimum atomic E-state index is 0.0289. The van der Waals surface area contributed by atoms with Gasteiger partial charge in [-0.05, 0) is 31.3 Å². The van der Waals surface area contributed by atoms with Crippen LogP contribution in [-0.2, 0) is 4.79 Å². The maximum absolute atomic E-state index is 11.4. The molecule has 0 fully saturated rings. The summed E-state index contributed by atoms with van der Waals surface area (Å²) >= 11 is 1.85. The van der Waals surface area contributed by atoms with Crippen LogP contribution in [0.1, 0.15) is 39.0 Å². The number of unbranched alkanes of at least 4 members (excludes halogenated alkanes) is 1. The van der Waals surface area contributed by atoms with Gasteiger partial charge in [0.2, 0.25) is 5.91 Å². The molecule has 0 aliphatic heterocycles. The number of carbonyl (C=O) groups is 1. The third-order valence-corrected chi connectivity index (χ3v) is 2.90. The lowest BCUT2D eigenvalue weighted by Gasteiger charge is -2.10. The fraction of sp³-hybridized carbons (Fsp3) is 0.909. The molecule has 3 nitrogen and oxygen atoms in total. The molecule has 0 aromatic heterocycles. The Morgan fingerprint density at radius 2 is 2.20 bits per heavy atom. The van der Waals surface area contributed by atoms with Crippen molar-refractivity contribution in [2.24, 2.45) is 5.73 Å². The first-order chi connectivity index (χ1) is 7.20. The molecule has 0 aliphatic carbocycles. The van der Waals surface area contributed by atoms with Crippen molar-refractivity contribution in [3.05, 3.63) is 0 Å². The average molecular weight is 232 g/mol. The molecule has 3 N–H and O–H groups in total. The Kier molecular flexibility index (Phi) is 10.2. The molecule has 90 valence electrons. The van der Waals surface area contributed by atoms with E-state index in [0.29, 0.717) is 6.42 Å². The SMILES string of the molecule is CCCC(N)CC(=O)NCCCCSC. The number of hydrogen-bond acceptors (Lipinski definition) is 3. The van der Waals surface area contributed by atoms with Crippen molar-refractivity contribution in [2.45, 2.75) is 45.1 Å². The van der Waals surface area contributed by atoms with E-state index >= 15 is 0 Å². The average Bonchev–Trinajstić information content (AvgIpc) is 2.17. The summed E-state index contributed by atoms with van der Waals surface area (Å²) in [7, 11) is 0. The summed E-state index contributed by atoms with van der Waals surface area (Å²) in [4.78, 5) is 11.4. The highest BCUT2D eigenvalue weighted by molar-refractivity contribution is 7.98. The number of nitrogens with one attached hydrogen (secondary N) is 1. The van der Waals surface area contributed by atoms with E-state index in [1.165, 1.54) is 12.2 Å². The van der Waals surface area contributed by atoms with Crippen molar-refractivity contribution < 1.29 is 4.79 Å². The standard InChI is InChI=1S/C11H24N2OS/c1-3-6-10(12)9-11(14)13-7-4-5-8-15-2/h10H,3-9,12H2,1-2H3,(H,13,14). The Labute approximate surface area is 97.6 Å². The molecule has 0 heterocycles. The van der Waals surface area contributed by atoms with Gasteiger partial charge in [0.15, 0.2) is 0 Å². The summed E-state index contributed by atoms with van der Waals surface area (Å²) in [6.45, 7) is 2.87. The highest BCUT2D eigenvalue weighted by Crippen LogP contribution is 1.99. The van der Waals surface area contributed by atoms with Crippen LogP contribution in [0.4, 0.5) is 0 Å². The molecule has 15 heavy (non-hydrogen) atoms. The van der Waals surface area contributed by atoms with Crippen LogP contribution in [0.5, 0.6) is 0 Å². The monoisotopic (exact) mass is 232 g/mol. The van der Waals surface area contributed by atoms with Gasteiger partial charge >= 0.3 is 0 Å². The first-order valence-corrected chi connectivity index (χ1v) is 7.11. The largest absolute Gasteiger partial charge is 0.356 e. The van der Waals surface area contributed by atoms with Crippen LogP contribution >= 0.6 is 11.8 Å². The minimum absolute atomic E-state index is 0.0289. The number of carbonyl (C=O) groups excluding carboxylic acids is 1. The Balaban J connectivity index is 3.32. The van der Waals surface area contributed by atoms with Crippen molar-refractivity contribution in [1.82, 2.24) is 5.32 Å². The zero-order chi connectivity index (χ0) is 11.5. The number of rotatable bonds is 9. The third-order valence-electron chi connectivity index (χ3n) is 2.20. The molecule has 1 amide bonds. The highest BCUT2D eigenvalue weighted by Gasteiger charge is 2.07. The van der Waals surface area contributed by atoms with E-state index in [0.717, 1.165) is 25.8 Å². The van der Waals surface area contributed by atoms with Gasteiger partial charge in [0, 0.05) is 19.0 Å². The van der Waals surface area contributed by atoms with Gasteiger partial charge in [-0.1, -0.05) is 13.3 Å². The summed E-state index contributed by atoms with van der Waals surface area (Å²) in [6, 6.07) is 0.0289. The van der Waals surface area contributed by atoms with E-state index in [2.05, 4.69) is 18.5 Å². The maximum Gasteiger partial charge on any atom is 0.221 e. The second kappa shape index (κ2) is 10.3. The zero-order valence-electron chi connectivity index (χ0n) is 9.92. The topological polar surface area (TPSA) is 55.1 Å². The molecule has 1 atom stereocenters. The van der Waals surface area contributed by atoms with Crippen LogP contribution in [0.2, 0.25) is 0 Å². The van der Waals surface area contributed by atoms with Gasteiger partial charge in [-0.2, -0.15) is 11.8 Å². The third kappa shape index (κ3) is 10.1. The zero-order valence-corrected chi connectivity index (χ0v) is 10.7. The maximum atomic E-state index is 11.4. The van der Waals surface area contributed by atoms with Crippen LogP contribution in [0.3, 0.4) is 0 Å². The molecule has 0 aromatic rings. The molecule has 0 saturated carbocycles. The fourth-order valence-electron chi connectivity index (χ4n) is 1.38. The van der Waals surface area contributed by atoms with Crippen molar-refractivity contribution >= 4 is 17.7 Å². The normalized spacial score (nSPS) is 12.5. The quantitative estimate of drug-likeness (QED) is 0.596. The molecule has 0 spiro atoms. The summed E-state index contributed by atoms with van der Waals surface area (Å²) in [5.41, 5.74) is 5.77. The molecule has 1 unspecified atom stereocenters. The van der Waals surface area contributed by atoms with Crippen LogP contribution in [0.15, 0.2) is 0 Å². The van der Waals surface area contributed by atoms with Crippen molar-refractivity contribution in [2.75, 3.05) is 18.6 Å². The highest BCUT2D eigenvalue weighted by atomic mass is 32.2. The minimum Gasteiger partial charge on any atom is -0.356 e. The lowest BCUT2D eigenvalue weighted by molar-refractivity contribution is -0.121. The number of nitrogens with two attached hydrogens (primary N) is 1. The van der Waals surface area contributed by atoms with E-state index in [1.54, 1.807) is 0 Å². The van der Waals surface area contributed by atoms with Gasteiger partial charge in [-0.25, -0.2) is 0 Å². The predicted octanol–water partition coefficient (Wildman–Crippen LogP) is 1.76. The molecule has 0 radical (unpaired) electrons. The number of hydrogen-bond donors (Lipinski definition) is 2. The lowest BCUT2D eigenvalue weighted by Crippen LogP contribution is -2.32. The van der Waals surface area contributed by atoms with E-state index in [9.17, 15) is 4.79 Å². The van der Waals surface area contributed by atoms with Crippen molar-refractivity contribution in [1.29, 1.82) is 0 Å². The smallest absolute Gasteiger partial charge is 0.221 e. The fourth-order valence-corrected chi connectivity index (χ4v) is 1.88. The Morgan fingerprint density at radius 3 is 2.80 bits per heavy atom. The van der Waals surface area contributed by atoms with E-state index in [4.69, 9.17) is 5.73 Å². The summed E-state index contributed by atoms with van der Waals surface area (Å²) < 4.78 is 0. The lowest BCUT2D eigenvalue weighted by atomic mass is 10.1. The predicted molar refractivity (Wildman–Crippen MR) is 68.1 cm³/mol. The molecular formula is C11H24N2OS. The van der Waals surface area contributed by atoms with Crippen LogP contribution in [-0.4, -0.2) is 30.5 Å². The van der Waals surface area contributed by atoms with E-state index in [-0.39, 0.29) is 11.9 Å². The molecule has 4 heteroatoms. The number of thioether (sulfide) groups is 1. The first kappa shape index (κ1) is 14.8. The molecule has 0 bridgehead atoms. The van der Waals surface area contributed by atoms with Gasteiger partial charge in [0.05, 0.1) is 0 Å². The summed E-state index contributed by atoms with van der Waals surface area (Å²) in [5, 5.41) is 2.90. The van der Waals surface area contributed by atoms with Crippen molar-refractivity contribution in [3.63, 3.8) is 0 Å². The molecule has 0 rings (SSSR count). The Morgan fingerprint density at radius 1 is 1.47 bits per heavy atom. The van der Waals surface area contributed by atoms with Crippen molar-refractivity contribution in [3.8, 4) is 0 Å². The van der Waals surface area contributed by atoms with E-state index < -0.39 is 0 Å². The summed E-state index contributed by atoms with van der Waals surface area (Å²) in [5.74, 6) is 1.27. The van der Waals surface area contributed by atoms with Gasteiger partial charge in [-0.3, -0.25) is 4.79 Å². The molecule has 0 aromatic carbocycles. The Bertz CT molecular complexity index is 165. The van der Waals surface area contributed by atoms with E-state index in [1.807, 2.05) is 11.8 Å². The van der Waals surface area contributed by atoms with Gasteiger partial charge in [0.1, 0.15) is 0 Å². The number of amides is 1. The van der Waals surface area contributed by atoms with Gasteiger partial charge in [0.25, 0.3) is 0 Å². The Hall–Kier alpha value is -0.220. The van der Waals surface area contributed by atoms with Crippen LogP contribution < -0.4 is 11.1 Å². The van der Waals surface area contributed by atoms with Crippen LogP contribution in [0, 0.1) is 0 Å². The molecule has 0 saturated heterocycles. The van der Waals surface area contributed by atoms with Crippen LogP contribution in [0.25, 0.3) is 0 Å². The van der Waals surface area contributed by atoms with Gasteiger partial charge < -0.3 is 11.1 Å². The summed E-state index contributed by atoms with van der Waals surface area (Å²) in [6.07, 6.45) is 6.78.